The fraction of sp³-hybridized carbons (Fsp3) is 0.500. The van der Waals surface area contributed by atoms with E-state index < -0.39 is 24.6 Å². The molecule has 0 aliphatic carbocycles. The van der Waals surface area contributed by atoms with Crippen LogP contribution in [0.5, 0.6) is 0 Å². The van der Waals surface area contributed by atoms with Crippen LogP contribution in [0, 0.1) is 12.7 Å². The second kappa shape index (κ2) is 5.67. The third kappa shape index (κ3) is 4.27. The van der Waals surface area contributed by atoms with Gasteiger partial charge in [0.05, 0.1) is 0 Å². The number of hydrogen-bond donors (Lipinski definition) is 1. The van der Waals surface area contributed by atoms with E-state index in [1.54, 1.807) is 13.0 Å². The zero-order valence-electron chi connectivity index (χ0n) is 10.1. The molecule has 0 heterocycles. The average Bonchev–Trinajstić information content (AvgIpc) is 2.22. The van der Waals surface area contributed by atoms with Crippen molar-refractivity contribution in [2.24, 2.45) is 0 Å². The molecule has 18 heavy (non-hydrogen) atoms. The van der Waals surface area contributed by atoms with Gasteiger partial charge in [-0.25, -0.2) is 4.39 Å². The van der Waals surface area contributed by atoms with Crippen LogP contribution in [0.25, 0.3) is 0 Å². The number of alkyl halides is 3. The van der Waals surface area contributed by atoms with E-state index in [-0.39, 0.29) is 6.54 Å². The molecular weight excluding hydrogens is 250 g/mol. The second-order valence-corrected chi connectivity index (χ2v) is 4.32. The number of aliphatic hydroxyl groups is 1. The summed E-state index contributed by atoms with van der Waals surface area (Å²) < 4.78 is 49.5. The summed E-state index contributed by atoms with van der Waals surface area (Å²) in [6, 6.07) is 4.15. The maximum absolute atomic E-state index is 13.0. The van der Waals surface area contributed by atoms with Gasteiger partial charge < -0.3 is 5.11 Å². The molecule has 0 saturated heterocycles. The second-order valence-electron chi connectivity index (χ2n) is 4.32. The minimum atomic E-state index is -4.63. The van der Waals surface area contributed by atoms with E-state index in [2.05, 4.69) is 0 Å². The molecule has 6 heteroatoms. The summed E-state index contributed by atoms with van der Waals surface area (Å²) >= 11 is 0. The van der Waals surface area contributed by atoms with Gasteiger partial charge in [0.25, 0.3) is 0 Å². The fourth-order valence-corrected chi connectivity index (χ4v) is 1.56. The van der Waals surface area contributed by atoms with Crippen molar-refractivity contribution in [1.29, 1.82) is 0 Å². The van der Waals surface area contributed by atoms with Gasteiger partial charge in [-0.1, -0.05) is 6.07 Å². The van der Waals surface area contributed by atoms with Gasteiger partial charge in [0.2, 0.25) is 0 Å². The molecule has 1 aromatic rings. The van der Waals surface area contributed by atoms with Crippen LogP contribution in [0.1, 0.15) is 11.1 Å². The topological polar surface area (TPSA) is 23.5 Å². The molecule has 0 aliphatic heterocycles. The summed E-state index contributed by atoms with van der Waals surface area (Å²) in [5.74, 6) is -0.430. The van der Waals surface area contributed by atoms with E-state index >= 15 is 0 Å². The SMILES string of the molecule is Cc1ccc(F)cc1CN(C)C[C@@H](O)C(F)(F)F. The number of hydrogen-bond acceptors (Lipinski definition) is 2. The van der Waals surface area contributed by atoms with Crippen molar-refractivity contribution < 1.29 is 22.7 Å². The molecular formula is C12H15F4NO. The zero-order valence-corrected chi connectivity index (χ0v) is 10.1. The summed E-state index contributed by atoms with van der Waals surface area (Å²) in [6.07, 6.45) is -7.03. The lowest BCUT2D eigenvalue weighted by Crippen LogP contribution is -2.39. The predicted octanol–water partition coefficient (Wildman–Crippen LogP) is 2.49. The average molecular weight is 265 g/mol. The lowest BCUT2D eigenvalue weighted by Gasteiger charge is -2.22. The lowest BCUT2D eigenvalue weighted by molar-refractivity contribution is -0.207. The summed E-state index contributed by atoms with van der Waals surface area (Å²) in [7, 11) is 1.44. The van der Waals surface area contributed by atoms with E-state index in [4.69, 9.17) is 5.11 Å². The number of rotatable bonds is 4. The van der Waals surface area contributed by atoms with E-state index in [9.17, 15) is 17.6 Å². The number of nitrogens with zero attached hydrogens (tertiary/aromatic N) is 1. The Hall–Kier alpha value is -1.14. The van der Waals surface area contributed by atoms with Crippen molar-refractivity contribution in [1.82, 2.24) is 4.90 Å². The number of halogens is 4. The molecule has 0 unspecified atom stereocenters. The smallest absolute Gasteiger partial charge is 0.382 e. The third-order valence-electron chi connectivity index (χ3n) is 2.61. The van der Waals surface area contributed by atoms with Crippen LogP contribution in [-0.2, 0) is 6.54 Å². The zero-order chi connectivity index (χ0) is 13.9. The Balaban J connectivity index is 2.65. The van der Waals surface area contributed by atoms with Gasteiger partial charge >= 0.3 is 6.18 Å². The highest BCUT2D eigenvalue weighted by molar-refractivity contribution is 5.26. The Kier molecular flexibility index (Phi) is 4.70. The van der Waals surface area contributed by atoms with Crippen molar-refractivity contribution in [2.45, 2.75) is 25.7 Å². The molecule has 0 amide bonds. The lowest BCUT2D eigenvalue weighted by atomic mass is 10.1. The van der Waals surface area contributed by atoms with Gasteiger partial charge in [-0.3, -0.25) is 4.90 Å². The summed E-state index contributed by atoms with van der Waals surface area (Å²) in [5.41, 5.74) is 1.40. The number of aryl methyl sites for hydroxylation is 1. The molecule has 1 rings (SSSR count). The Morgan fingerprint density at radius 3 is 2.50 bits per heavy atom. The highest BCUT2D eigenvalue weighted by Crippen LogP contribution is 2.21. The quantitative estimate of drug-likeness (QED) is 0.845. The molecule has 0 bridgehead atoms. The van der Waals surface area contributed by atoms with E-state index in [0.717, 1.165) is 5.56 Å². The first kappa shape index (κ1) is 14.9. The van der Waals surface area contributed by atoms with Crippen molar-refractivity contribution in [3.63, 3.8) is 0 Å². The van der Waals surface area contributed by atoms with Crippen molar-refractivity contribution >= 4 is 0 Å². The largest absolute Gasteiger partial charge is 0.415 e. The highest BCUT2D eigenvalue weighted by Gasteiger charge is 2.38. The van der Waals surface area contributed by atoms with Gasteiger partial charge in [0.1, 0.15) is 5.82 Å². The first-order valence-corrected chi connectivity index (χ1v) is 5.38. The molecule has 0 saturated carbocycles. The van der Waals surface area contributed by atoms with Crippen molar-refractivity contribution in [3.8, 4) is 0 Å². The number of aliphatic hydroxyl groups excluding tert-OH is 1. The first-order valence-electron chi connectivity index (χ1n) is 5.38. The summed E-state index contributed by atoms with van der Waals surface area (Å²) in [5, 5.41) is 8.92. The van der Waals surface area contributed by atoms with Crippen LogP contribution in [0.4, 0.5) is 17.6 Å². The van der Waals surface area contributed by atoms with Crippen LogP contribution >= 0.6 is 0 Å². The maximum Gasteiger partial charge on any atom is 0.415 e. The Labute approximate surface area is 103 Å². The van der Waals surface area contributed by atoms with Crippen LogP contribution in [0.15, 0.2) is 18.2 Å². The van der Waals surface area contributed by atoms with Gasteiger partial charge in [-0.2, -0.15) is 13.2 Å². The molecule has 0 fully saturated rings. The highest BCUT2D eigenvalue weighted by atomic mass is 19.4. The van der Waals surface area contributed by atoms with Crippen LogP contribution in [0.2, 0.25) is 0 Å². The molecule has 0 aromatic heterocycles. The van der Waals surface area contributed by atoms with Gasteiger partial charge in [0, 0.05) is 13.1 Å². The van der Waals surface area contributed by atoms with Gasteiger partial charge in [-0.05, 0) is 37.2 Å². The molecule has 0 spiro atoms. The first-order chi connectivity index (χ1) is 8.20. The van der Waals surface area contributed by atoms with Crippen LogP contribution in [-0.4, -0.2) is 35.9 Å². The molecule has 1 atom stereocenters. The number of likely N-dealkylation sites (N-methyl/N-ethyl adjacent to an activating group) is 1. The molecule has 1 N–H and O–H groups in total. The number of benzene rings is 1. The van der Waals surface area contributed by atoms with Crippen LogP contribution < -0.4 is 0 Å². The van der Waals surface area contributed by atoms with Crippen molar-refractivity contribution in [3.05, 3.63) is 35.1 Å². The Morgan fingerprint density at radius 2 is 1.94 bits per heavy atom. The molecule has 0 radical (unpaired) electrons. The maximum atomic E-state index is 13.0. The minimum Gasteiger partial charge on any atom is -0.382 e. The fourth-order valence-electron chi connectivity index (χ4n) is 1.56. The standard InChI is InChI=1S/C12H15F4NO/c1-8-3-4-10(13)5-9(8)6-17(2)7-11(18)12(14,15)16/h3-5,11,18H,6-7H2,1-2H3/t11-/m1/s1. The molecule has 1 aromatic carbocycles. The molecule has 2 nitrogen and oxygen atoms in total. The van der Waals surface area contributed by atoms with Crippen LogP contribution in [0.3, 0.4) is 0 Å². The Bertz CT molecular complexity index is 406. The molecule has 102 valence electrons. The van der Waals surface area contributed by atoms with Gasteiger partial charge in [-0.15, -0.1) is 0 Å². The monoisotopic (exact) mass is 265 g/mol. The molecule has 0 aliphatic rings. The normalized spacial score (nSPS) is 14.0. The Morgan fingerprint density at radius 1 is 1.33 bits per heavy atom. The van der Waals surface area contributed by atoms with E-state index in [0.29, 0.717) is 5.56 Å². The minimum absolute atomic E-state index is 0.150. The van der Waals surface area contributed by atoms with Crippen molar-refractivity contribution in [2.75, 3.05) is 13.6 Å². The van der Waals surface area contributed by atoms with Gasteiger partial charge in [0.15, 0.2) is 6.10 Å². The summed E-state index contributed by atoms with van der Waals surface area (Å²) in [4.78, 5) is 1.31. The van der Waals surface area contributed by atoms with E-state index in [1.807, 2.05) is 0 Å². The summed E-state index contributed by atoms with van der Waals surface area (Å²) in [6.45, 7) is 1.36. The van der Waals surface area contributed by atoms with E-state index in [1.165, 1.54) is 24.1 Å². The predicted molar refractivity (Wildman–Crippen MR) is 59.5 cm³/mol. The third-order valence-corrected chi connectivity index (χ3v) is 2.61.